The van der Waals surface area contributed by atoms with Gasteiger partial charge in [-0.3, -0.25) is 0 Å². The third-order valence-electron chi connectivity index (χ3n) is 8.77. The minimum absolute atomic E-state index is 0.145. The van der Waals surface area contributed by atoms with E-state index in [0.29, 0.717) is 18.3 Å². The zero-order valence-corrected chi connectivity index (χ0v) is 18.4. The largest absolute Gasteiger partial charge is 0.547 e. The first-order valence-electron chi connectivity index (χ1n) is 11.7. The third kappa shape index (κ3) is 3.57. The van der Waals surface area contributed by atoms with Gasteiger partial charge in [-0.2, -0.15) is 0 Å². The van der Waals surface area contributed by atoms with Gasteiger partial charge in [0.1, 0.15) is 30.2 Å². The monoisotopic (exact) mass is 463 g/mol. The number of hydrogen-bond acceptors (Lipinski definition) is 9. The van der Waals surface area contributed by atoms with Crippen LogP contribution in [-0.2, 0) is 20.7 Å². The molecule has 0 radical (unpaired) electrons. The number of carboxylic acid groups (broad SMARTS) is 1. The summed E-state index contributed by atoms with van der Waals surface area (Å²) in [6, 6.07) is 5.56. The lowest BCUT2D eigenvalue weighted by molar-refractivity contribution is -0.354. The van der Waals surface area contributed by atoms with Crippen LogP contribution in [0.25, 0.3) is 0 Å². The van der Waals surface area contributed by atoms with Crippen LogP contribution in [0, 0.1) is 17.3 Å². The summed E-state index contributed by atoms with van der Waals surface area (Å²) in [7, 11) is 0. The van der Waals surface area contributed by atoms with Crippen LogP contribution in [0.3, 0.4) is 0 Å². The number of carbonyl (C=O) groups excluding carboxylic acids is 1. The van der Waals surface area contributed by atoms with Gasteiger partial charge in [-0.25, -0.2) is 0 Å². The predicted molar refractivity (Wildman–Crippen MR) is 111 cm³/mol. The van der Waals surface area contributed by atoms with Gasteiger partial charge in [0, 0.05) is 0 Å². The van der Waals surface area contributed by atoms with Gasteiger partial charge >= 0.3 is 0 Å². The van der Waals surface area contributed by atoms with Crippen molar-refractivity contribution in [1.29, 1.82) is 0 Å². The molecule has 1 aliphatic heterocycles. The van der Waals surface area contributed by atoms with Gasteiger partial charge in [0.05, 0.1) is 18.2 Å². The lowest BCUT2D eigenvalue weighted by atomic mass is 9.55. The molecule has 1 aromatic carbocycles. The molecule has 0 aromatic heterocycles. The van der Waals surface area contributed by atoms with Gasteiger partial charge in [-0.1, -0.05) is 13.0 Å². The summed E-state index contributed by atoms with van der Waals surface area (Å²) in [5, 5.41) is 62.6. The topological polar surface area (TPSA) is 160 Å². The summed E-state index contributed by atoms with van der Waals surface area (Å²) in [4.78, 5) is 11.3. The van der Waals surface area contributed by atoms with E-state index < -0.39 is 54.3 Å². The van der Waals surface area contributed by atoms with Crippen molar-refractivity contribution in [1.82, 2.24) is 0 Å². The highest BCUT2D eigenvalue weighted by Crippen LogP contribution is 2.61. The van der Waals surface area contributed by atoms with E-state index >= 15 is 0 Å². The van der Waals surface area contributed by atoms with Crippen molar-refractivity contribution in [2.24, 2.45) is 17.3 Å². The molecule has 11 atom stereocenters. The molecule has 0 spiro atoms. The first-order chi connectivity index (χ1) is 15.6. The standard InChI is InChI=1S/C24H32O9/c1-24-7-6-13-12-5-3-11(25)8-10(12)2-4-14(13)15(24)9-16(21(24)29)32-23-19(28)17(26)18(27)20(33-23)22(30)31/h3,5,8,13-21,23,25-29H,2,4,6-7,9H2,1H3,(H,30,31)/p-1/t13-,14-,15+,16+,17+,18+,19-,20+,21+,23-,24+/m1/s1. The maximum Gasteiger partial charge on any atom is 0.187 e. The highest BCUT2D eigenvalue weighted by Gasteiger charge is 2.59. The summed E-state index contributed by atoms with van der Waals surface area (Å²) in [6.45, 7) is 2.05. The van der Waals surface area contributed by atoms with E-state index in [1.54, 1.807) is 6.07 Å². The molecule has 0 unspecified atom stereocenters. The van der Waals surface area contributed by atoms with E-state index in [1.165, 1.54) is 11.1 Å². The Labute approximate surface area is 191 Å². The van der Waals surface area contributed by atoms with E-state index in [0.717, 1.165) is 25.7 Å². The quantitative estimate of drug-likeness (QED) is 0.385. The number of hydrogen-bond donors (Lipinski definition) is 5. The second-order valence-corrected chi connectivity index (χ2v) is 10.4. The third-order valence-corrected chi connectivity index (χ3v) is 8.77. The maximum absolute atomic E-state index is 11.3. The minimum Gasteiger partial charge on any atom is -0.547 e. The first-order valence-corrected chi connectivity index (χ1v) is 11.7. The van der Waals surface area contributed by atoms with Crippen molar-refractivity contribution in [3.05, 3.63) is 29.3 Å². The van der Waals surface area contributed by atoms with Crippen LogP contribution in [0.1, 0.15) is 49.7 Å². The molecule has 5 N–H and O–H groups in total. The predicted octanol–water partition coefficient (Wildman–Crippen LogP) is -0.838. The number of aliphatic hydroxyl groups excluding tert-OH is 4. The second kappa shape index (κ2) is 8.18. The zero-order valence-electron chi connectivity index (χ0n) is 18.4. The SMILES string of the molecule is C[C@]12CC[C@@H]3c4ccc(O)cc4CC[C@H]3[C@@H]1C[C@H](O[C@@H]1O[C@H](C(=O)[O-])[C@@H](O)[C@H](O)[C@H]1O)[C@@H]2O. The molecule has 1 aromatic rings. The summed E-state index contributed by atoms with van der Waals surface area (Å²) >= 11 is 0. The molecule has 1 saturated heterocycles. The van der Waals surface area contributed by atoms with Gasteiger partial charge in [0.25, 0.3) is 0 Å². The molecule has 5 rings (SSSR count). The first kappa shape index (κ1) is 23.0. The summed E-state index contributed by atoms with van der Waals surface area (Å²) in [5.41, 5.74) is 2.02. The van der Waals surface area contributed by atoms with Crippen molar-refractivity contribution in [3.8, 4) is 5.75 Å². The smallest absolute Gasteiger partial charge is 0.187 e. The Bertz CT molecular complexity index is 921. The van der Waals surface area contributed by atoms with Crippen molar-refractivity contribution < 1.29 is 44.9 Å². The fourth-order valence-corrected chi connectivity index (χ4v) is 6.99. The number of rotatable bonds is 3. The molecule has 3 aliphatic carbocycles. The molecule has 182 valence electrons. The molecular weight excluding hydrogens is 432 g/mol. The number of aliphatic hydroxyl groups is 4. The van der Waals surface area contributed by atoms with E-state index in [-0.39, 0.29) is 11.7 Å². The number of ether oxygens (including phenoxy) is 2. The van der Waals surface area contributed by atoms with Crippen molar-refractivity contribution in [2.75, 3.05) is 0 Å². The van der Waals surface area contributed by atoms with Gasteiger partial charge in [-0.15, -0.1) is 0 Å². The average Bonchev–Trinajstić information content (AvgIpc) is 3.03. The van der Waals surface area contributed by atoms with Gasteiger partial charge in [0.15, 0.2) is 6.29 Å². The Morgan fingerprint density at radius 3 is 2.64 bits per heavy atom. The average molecular weight is 464 g/mol. The number of fused-ring (bicyclic) bond motifs is 5. The minimum atomic E-state index is -1.85. The molecule has 3 fully saturated rings. The van der Waals surface area contributed by atoms with Crippen LogP contribution in [0.5, 0.6) is 5.75 Å². The fourth-order valence-electron chi connectivity index (χ4n) is 6.99. The van der Waals surface area contributed by atoms with Crippen LogP contribution in [0.2, 0.25) is 0 Å². The Hall–Kier alpha value is -1.75. The van der Waals surface area contributed by atoms with Crippen molar-refractivity contribution >= 4 is 5.97 Å². The number of aryl methyl sites for hydroxylation is 1. The number of aliphatic carboxylic acids is 1. The number of benzene rings is 1. The van der Waals surface area contributed by atoms with Gasteiger partial charge in [0.2, 0.25) is 0 Å². The van der Waals surface area contributed by atoms with Crippen LogP contribution in [-0.4, -0.2) is 74.4 Å². The Morgan fingerprint density at radius 1 is 1.15 bits per heavy atom. The van der Waals surface area contributed by atoms with E-state index in [4.69, 9.17) is 9.47 Å². The Balaban J connectivity index is 1.36. The molecule has 0 bridgehead atoms. The fraction of sp³-hybridized carbons (Fsp3) is 0.708. The van der Waals surface area contributed by atoms with Crippen LogP contribution >= 0.6 is 0 Å². The summed E-state index contributed by atoms with van der Waals surface area (Å²) in [5.74, 6) is -0.652. The normalized spacial score (nSPS) is 46.8. The molecule has 9 heteroatoms. The second-order valence-electron chi connectivity index (χ2n) is 10.4. The van der Waals surface area contributed by atoms with Crippen molar-refractivity contribution in [2.45, 2.75) is 87.9 Å². The lowest BCUT2D eigenvalue weighted by Crippen LogP contribution is -2.63. The molecule has 1 heterocycles. The molecule has 2 saturated carbocycles. The summed E-state index contributed by atoms with van der Waals surface area (Å²) < 4.78 is 11.1. The number of carbonyl (C=O) groups is 1. The van der Waals surface area contributed by atoms with Crippen molar-refractivity contribution in [3.63, 3.8) is 0 Å². The molecule has 4 aliphatic rings. The Morgan fingerprint density at radius 2 is 1.91 bits per heavy atom. The van der Waals surface area contributed by atoms with Gasteiger partial charge < -0.3 is 44.9 Å². The molecule has 33 heavy (non-hydrogen) atoms. The maximum atomic E-state index is 11.3. The number of aromatic hydroxyl groups is 1. The van der Waals surface area contributed by atoms with Crippen LogP contribution in [0.4, 0.5) is 0 Å². The molecule has 9 nitrogen and oxygen atoms in total. The van der Waals surface area contributed by atoms with E-state index in [1.807, 2.05) is 12.1 Å². The van der Waals surface area contributed by atoms with Gasteiger partial charge in [-0.05, 0) is 78.5 Å². The molecule has 0 amide bonds. The van der Waals surface area contributed by atoms with Crippen LogP contribution < -0.4 is 5.11 Å². The molecular formula is C24H31O9-. The summed E-state index contributed by atoms with van der Waals surface area (Å²) in [6.07, 6.45) is -6.26. The number of phenols is 1. The number of carboxylic acids is 1. The number of phenolic OH excluding ortho intramolecular Hbond substituents is 1. The highest BCUT2D eigenvalue weighted by atomic mass is 16.7. The zero-order chi connectivity index (χ0) is 23.7. The van der Waals surface area contributed by atoms with E-state index in [2.05, 4.69) is 6.92 Å². The van der Waals surface area contributed by atoms with E-state index in [9.17, 15) is 35.4 Å². The van der Waals surface area contributed by atoms with Crippen LogP contribution in [0.15, 0.2) is 18.2 Å². The highest BCUT2D eigenvalue weighted by molar-refractivity contribution is 5.71. The lowest BCUT2D eigenvalue weighted by Gasteiger charge is -2.49. The Kier molecular flexibility index (Phi) is 5.70.